The van der Waals surface area contributed by atoms with E-state index in [1.165, 1.54) is 6.07 Å². The van der Waals surface area contributed by atoms with Crippen molar-refractivity contribution in [2.24, 2.45) is 0 Å². The standard InChI is InChI=1S/C18H22N4O3S/c1-4-5-13-9-15(23)22-18(19-13)26-10-16(24)21-17(25)20-14-7-6-11(2)8-12(14)3/h6-9H,4-5,10H2,1-3H3,(H,19,22,23)(H2,20,21,24,25). The van der Waals surface area contributed by atoms with Crippen LogP contribution in [0.25, 0.3) is 0 Å². The van der Waals surface area contributed by atoms with Crippen molar-refractivity contribution < 1.29 is 9.59 Å². The van der Waals surface area contributed by atoms with Crippen LogP contribution in [0.15, 0.2) is 34.2 Å². The minimum Gasteiger partial charge on any atom is -0.307 e. The molecule has 3 amide bonds. The van der Waals surface area contributed by atoms with E-state index in [4.69, 9.17) is 0 Å². The average Bonchev–Trinajstić information content (AvgIpc) is 2.55. The van der Waals surface area contributed by atoms with Gasteiger partial charge in [0.25, 0.3) is 5.56 Å². The first-order valence-corrected chi connectivity index (χ1v) is 9.27. The first-order valence-electron chi connectivity index (χ1n) is 8.28. The highest BCUT2D eigenvalue weighted by atomic mass is 32.2. The third kappa shape index (κ3) is 6.03. The van der Waals surface area contributed by atoms with Gasteiger partial charge >= 0.3 is 6.03 Å². The summed E-state index contributed by atoms with van der Waals surface area (Å²) in [6, 6.07) is 6.47. The maximum Gasteiger partial charge on any atom is 0.325 e. The summed E-state index contributed by atoms with van der Waals surface area (Å²) in [5.41, 5.74) is 3.08. The highest BCUT2D eigenvalue weighted by molar-refractivity contribution is 7.99. The molecule has 8 heteroatoms. The second kappa shape index (κ2) is 9.19. The SMILES string of the molecule is CCCc1cc(=O)[nH]c(SCC(=O)NC(=O)Nc2ccc(C)cc2C)n1. The van der Waals surface area contributed by atoms with Crippen LogP contribution < -0.4 is 16.2 Å². The normalized spacial score (nSPS) is 10.4. The zero-order valence-corrected chi connectivity index (χ0v) is 15.8. The van der Waals surface area contributed by atoms with Crippen LogP contribution in [0, 0.1) is 13.8 Å². The van der Waals surface area contributed by atoms with Gasteiger partial charge in [0.05, 0.1) is 5.75 Å². The van der Waals surface area contributed by atoms with Crippen molar-refractivity contribution in [3.8, 4) is 0 Å². The molecule has 2 aromatic rings. The van der Waals surface area contributed by atoms with E-state index in [1.807, 2.05) is 32.9 Å². The van der Waals surface area contributed by atoms with E-state index in [0.717, 1.165) is 29.3 Å². The Morgan fingerprint density at radius 3 is 2.69 bits per heavy atom. The van der Waals surface area contributed by atoms with Gasteiger partial charge in [0, 0.05) is 17.4 Å². The first kappa shape index (κ1) is 19.7. The molecule has 0 aliphatic carbocycles. The van der Waals surface area contributed by atoms with Gasteiger partial charge in [-0.05, 0) is 31.9 Å². The summed E-state index contributed by atoms with van der Waals surface area (Å²) in [5, 5.41) is 5.28. The van der Waals surface area contributed by atoms with Gasteiger partial charge in [-0.25, -0.2) is 9.78 Å². The number of rotatable bonds is 6. The van der Waals surface area contributed by atoms with Gasteiger partial charge in [-0.2, -0.15) is 0 Å². The number of carbonyl (C=O) groups is 2. The molecule has 0 aliphatic heterocycles. The van der Waals surface area contributed by atoms with E-state index < -0.39 is 11.9 Å². The van der Waals surface area contributed by atoms with Crippen LogP contribution in [0.5, 0.6) is 0 Å². The molecule has 1 aromatic carbocycles. The van der Waals surface area contributed by atoms with E-state index in [-0.39, 0.29) is 11.3 Å². The Balaban J connectivity index is 1.88. The minimum absolute atomic E-state index is 0.0290. The van der Waals surface area contributed by atoms with Gasteiger partial charge in [-0.1, -0.05) is 42.8 Å². The summed E-state index contributed by atoms with van der Waals surface area (Å²) in [6.07, 6.45) is 1.57. The van der Waals surface area contributed by atoms with Gasteiger partial charge in [0.15, 0.2) is 5.16 Å². The van der Waals surface area contributed by atoms with Gasteiger partial charge in [0.1, 0.15) is 0 Å². The Labute approximate surface area is 156 Å². The second-order valence-electron chi connectivity index (χ2n) is 5.90. The zero-order valence-electron chi connectivity index (χ0n) is 15.0. The van der Waals surface area contributed by atoms with Crippen molar-refractivity contribution >= 4 is 29.4 Å². The molecule has 0 saturated carbocycles. The Kier molecular flexibility index (Phi) is 6.97. The molecule has 7 nitrogen and oxygen atoms in total. The number of amides is 3. The molecular formula is C18H22N4O3S. The number of aromatic nitrogens is 2. The fourth-order valence-corrected chi connectivity index (χ4v) is 3.03. The van der Waals surface area contributed by atoms with Crippen molar-refractivity contribution in [3.05, 3.63) is 51.4 Å². The predicted molar refractivity (Wildman–Crippen MR) is 103 cm³/mol. The number of H-pyrrole nitrogens is 1. The number of hydrogen-bond acceptors (Lipinski definition) is 5. The molecule has 0 spiro atoms. The van der Waals surface area contributed by atoms with Gasteiger partial charge in [0.2, 0.25) is 5.91 Å². The summed E-state index contributed by atoms with van der Waals surface area (Å²) < 4.78 is 0. The Morgan fingerprint density at radius 1 is 1.23 bits per heavy atom. The fourth-order valence-electron chi connectivity index (χ4n) is 2.34. The maximum absolute atomic E-state index is 11.9. The molecule has 0 unspecified atom stereocenters. The van der Waals surface area contributed by atoms with Crippen molar-refractivity contribution in [1.29, 1.82) is 0 Å². The molecule has 1 aromatic heterocycles. The van der Waals surface area contributed by atoms with E-state index in [9.17, 15) is 14.4 Å². The number of thioether (sulfide) groups is 1. The molecule has 0 bridgehead atoms. The van der Waals surface area contributed by atoms with E-state index in [1.54, 1.807) is 6.07 Å². The number of aryl methyl sites for hydroxylation is 3. The molecule has 1 heterocycles. The van der Waals surface area contributed by atoms with Crippen molar-refractivity contribution in [3.63, 3.8) is 0 Å². The first-order chi connectivity index (χ1) is 12.4. The molecule has 0 saturated heterocycles. The number of hydrogen-bond donors (Lipinski definition) is 3. The summed E-state index contributed by atoms with van der Waals surface area (Å²) in [5.74, 6) is -0.500. The lowest BCUT2D eigenvalue weighted by Crippen LogP contribution is -2.35. The van der Waals surface area contributed by atoms with E-state index in [2.05, 4.69) is 20.6 Å². The third-order valence-corrected chi connectivity index (χ3v) is 4.38. The predicted octanol–water partition coefficient (Wildman–Crippen LogP) is 2.78. The highest BCUT2D eigenvalue weighted by Gasteiger charge is 2.11. The summed E-state index contributed by atoms with van der Waals surface area (Å²) >= 11 is 1.08. The number of nitrogens with one attached hydrogen (secondary N) is 3. The topological polar surface area (TPSA) is 104 Å². The number of anilines is 1. The van der Waals surface area contributed by atoms with Crippen LogP contribution in [0.3, 0.4) is 0 Å². The van der Waals surface area contributed by atoms with Gasteiger partial charge in [-0.3, -0.25) is 14.9 Å². The molecular weight excluding hydrogens is 352 g/mol. The fraction of sp³-hybridized carbons (Fsp3) is 0.333. The highest BCUT2D eigenvalue weighted by Crippen LogP contribution is 2.16. The molecule has 0 radical (unpaired) electrons. The number of carbonyl (C=O) groups excluding carboxylic acids is 2. The van der Waals surface area contributed by atoms with Crippen LogP contribution in [0.4, 0.5) is 10.5 Å². The number of benzene rings is 1. The van der Waals surface area contributed by atoms with Crippen molar-refractivity contribution in [2.75, 3.05) is 11.1 Å². The summed E-state index contributed by atoms with van der Waals surface area (Å²) in [6.45, 7) is 5.84. The van der Waals surface area contributed by atoms with Crippen molar-refractivity contribution in [2.45, 2.75) is 38.8 Å². The molecule has 2 rings (SSSR count). The van der Waals surface area contributed by atoms with Gasteiger partial charge in [-0.15, -0.1) is 0 Å². The monoisotopic (exact) mass is 374 g/mol. The smallest absolute Gasteiger partial charge is 0.307 e. The van der Waals surface area contributed by atoms with Crippen molar-refractivity contribution in [1.82, 2.24) is 15.3 Å². The number of aromatic amines is 1. The minimum atomic E-state index is -0.594. The van der Waals surface area contributed by atoms with E-state index >= 15 is 0 Å². The van der Waals surface area contributed by atoms with Crippen LogP contribution >= 0.6 is 11.8 Å². The van der Waals surface area contributed by atoms with Crippen LogP contribution in [0.1, 0.15) is 30.2 Å². The second-order valence-corrected chi connectivity index (χ2v) is 6.87. The van der Waals surface area contributed by atoms with Crippen LogP contribution in [-0.2, 0) is 11.2 Å². The molecule has 0 aliphatic rings. The quantitative estimate of drug-likeness (QED) is 0.533. The van der Waals surface area contributed by atoms with Crippen LogP contribution in [0.2, 0.25) is 0 Å². The molecule has 0 fully saturated rings. The Hall–Kier alpha value is -2.61. The number of urea groups is 1. The lowest BCUT2D eigenvalue weighted by molar-refractivity contribution is -0.117. The molecule has 138 valence electrons. The average molecular weight is 374 g/mol. The third-order valence-electron chi connectivity index (χ3n) is 3.50. The summed E-state index contributed by atoms with van der Waals surface area (Å²) in [4.78, 5) is 42.3. The Morgan fingerprint density at radius 2 is 2.00 bits per heavy atom. The number of nitrogens with zero attached hydrogens (tertiary/aromatic N) is 1. The zero-order chi connectivity index (χ0) is 19.1. The van der Waals surface area contributed by atoms with E-state index in [0.29, 0.717) is 23.0 Å². The largest absolute Gasteiger partial charge is 0.325 e. The molecule has 0 atom stereocenters. The summed E-state index contributed by atoms with van der Waals surface area (Å²) in [7, 11) is 0. The van der Waals surface area contributed by atoms with Gasteiger partial charge < -0.3 is 10.3 Å². The van der Waals surface area contributed by atoms with Crippen LogP contribution in [-0.4, -0.2) is 27.7 Å². The number of imide groups is 1. The maximum atomic E-state index is 11.9. The molecule has 26 heavy (non-hydrogen) atoms. The molecule has 3 N–H and O–H groups in total. The Bertz CT molecular complexity index is 864. The lowest BCUT2D eigenvalue weighted by atomic mass is 10.1. The lowest BCUT2D eigenvalue weighted by Gasteiger charge is -2.09.